The lowest BCUT2D eigenvalue weighted by Crippen LogP contribution is -2.05. The lowest BCUT2D eigenvalue weighted by molar-refractivity contribution is 0.931. The van der Waals surface area contributed by atoms with Crippen molar-refractivity contribution in [2.24, 2.45) is 0 Å². The molecule has 0 unspecified atom stereocenters. The number of anilines is 1. The van der Waals surface area contributed by atoms with E-state index in [-0.39, 0.29) is 0 Å². The van der Waals surface area contributed by atoms with Gasteiger partial charge in [-0.25, -0.2) is 9.50 Å². The minimum absolute atomic E-state index is 0.525. The molecular weight excluding hydrogens is 357 g/mol. The van der Waals surface area contributed by atoms with Gasteiger partial charge in [-0.1, -0.05) is 35.3 Å². The van der Waals surface area contributed by atoms with Crippen molar-refractivity contribution in [1.82, 2.24) is 19.6 Å². The number of pyridine rings is 1. The van der Waals surface area contributed by atoms with Crippen LogP contribution in [0.2, 0.25) is 10.0 Å². The Kier molecular flexibility index (Phi) is 4.26. The second-order valence-electron chi connectivity index (χ2n) is 5.43. The standard InChI is InChI=1S/C18H13Cl2N5/c19-14-3-1-2-13(18(14)20)10-22-16-4-5-17-23-11-15(25(17)24-16)12-6-8-21-9-7-12/h1-9,11H,10H2,(H,22,24). The van der Waals surface area contributed by atoms with Crippen LogP contribution >= 0.6 is 23.2 Å². The van der Waals surface area contributed by atoms with E-state index in [4.69, 9.17) is 23.2 Å². The predicted molar refractivity (Wildman–Crippen MR) is 100 cm³/mol. The van der Waals surface area contributed by atoms with Gasteiger partial charge in [-0.15, -0.1) is 5.10 Å². The second-order valence-corrected chi connectivity index (χ2v) is 6.22. The Morgan fingerprint density at radius 1 is 1.00 bits per heavy atom. The molecule has 5 nitrogen and oxygen atoms in total. The summed E-state index contributed by atoms with van der Waals surface area (Å²) >= 11 is 12.3. The van der Waals surface area contributed by atoms with Gasteiger partial charge in [-0.05, 0) is 35.9 Å². The van der Waals surface area contributed by atoms with Crippen LogP contribution in [0.15, 0.2) is 61.1 Å². The van der Waals surface area contributed by atoms with Crippen LogP contribution in [0.25, 0.3) is 16.9 Å². The molecule has 4 aromatic rings. The third-order valence-electron chi connectivity index (χ3n) is 3.83. The molecule has 1 aromatic carbocycles. The van der Waals surface area contributed by atoms with Gasteiger partial charge in [0.05, 0.1) is 21.9 Å². The highest BCUT2D eigenvalue weighted by Gasteiger charge is 2.09. The molecule has 0 radical (unpaired) electrons. The maximum Gasteiger partial charge on any atom is 0.154 e. The summed E-state index contributed by atoms with van der Waals surface area (Å²) in [6.07, 6.45) is 5.30. The first kappa shape index (κ1) is 15.9. The fourth-order valence-electron chi connectivity index (χ4n) is 2.56. The molecule has 3 aromatic heterocycles. The minimum Gasteiger partial charge on any atom is -0.364 e. The van der Waals surface area contributed by atoms with Gasteiger partial charge in [-0.3, -0.25) is 4.98 Å². The summed E-state index contributed by atoms with van der Waals surface area (Å²) in [4.78, 5) is 8.44. The van der Waals surface area contributed by atoms with E-state index in [1.807, 2.05) is 36.4 Å². The second kappa shape index (κ2) is 6.70. The normalized spacial score (nSPS) is 11.0. The van der Waals surface area contributed by atoms with Crippen LogP contribution in [-0.4, -0.2) is 19.6 Å². The Morgan fingerprint density at radius 2 is 1.84 bits per heavy atom. The van der Waals surface area contributed by atoms with Gasteiger partial charge in [0, 0.05) is 24.5 Å². The molecule has 124 valence electrons. The molecule has 3 heterocycles. The molecule has 0 saturated heterocycles. The number of halogens is 2. The average Bonchev–Trinajstić information content (AvgIpc) is 3.07. The monoisotopic (exact) mass is 369 g/mol. The molecule has 4 rings (SSSR count). The lowest BCUT2D eigenvalue weighted by atomic mass is 10.2. The van der Waals surface area contributed by atoms with Crippen molar-refractivity contribution in [3.63, 3.8) is 0 Å². The Balaban J connectivity index is 1.64. The molecule has 0 aliphatic rings. The van der Waals surface area contributed by atoms with Crippen LogP contribution < -0.4 is 5.32 Å². The van der Waals surface area contributed by atoms with Crippen molar-refractivity contribution < 1.29 is 0 Å². The molecule has 0 amide bonds. The van der Waals surface area contributed by atoms with Gasteiger partial charge in [0.2, 0.25) is 0 Å². The van der Waals surface area contributed by atoms with Crippen LogP contribution in [0.4, 0.5) is 5.82 Å². The van der Waals surface area contributed by atoms with Crippen molar-refractivity contribution in [3.05, 3.63) is 76.7 Å². The van der Waals surface area contributed by atoms with E-state index in [2.05, 4.69) is 20.4 Å². The summed E-state index contributed by atoms with van der Waals surface area (Å²) < 4.78 is 1.80. The first-order valence-corrected chi connectivity index (χ1v) is 8.40. The highest BCUT2D eigenvalue weighted by atomic mass is 35.5. The molecule has 7 heteroatoms. The summed E-state index contributed by atoms with van der Waals surface area (Å²) in [5.74, 6) is 0.719. The van der Waals surface area contributed by atoms with E-state index >= 15 is 0 Å². The van der Waals surface area contributed by atoms with E-state index in [0.717, 1.165) is 28.3 Å². The first-order valence-electron chi connectivity index (χ1n) is 7.64. The van der Waals surface area contributed by atoms with E-state index in [1.54, 1.807) is 29.2 Å². The van der Waals surface area contributed by atoms with Gasteiger partial charge < -0.3 is 5.32 Å². The first-order chi connectivity index (χ1) is 12.2. The highest BCUT2D eigenvalue weighted by Crippen LogP contribution is 2.26. The molecule has 0 aliphatic heterocycles. The number of aromatic nitrogens is 4. The lowest BCUT2D eigenvalue weighted by Gasteiger charge is -2.09. The third kappa shape index (κ3) is 3.16. The molecule has 1 N–H and O–H groups in total. The summed E-state index contributed by atoms with van der Waals surface area (Å²) in [5, 5.41) is 8.99. The van der Waals surface area contributed by atoms with Crippen molar-refractivity contribution in [2.75, 3.05) is 5.32 Å². The SMILES string of the molecule is Clc1cccc(CNc2ccc3ncc(-c4ccncc4)n3n2)c1Cl. The van der Waals surface area contributed by atoms with Gasteiger partial charge >= 0.3 is 0 Å². The number of imidazole rings is 1. The summed E-state index contributed by atoms with van der Waals surface area (Å²) in [6, 6.07) is 13.2. The summed E-state index contributed by atoms with van der Waals surface area (Å²) in [5.41, 5.74) is 3.60. The largest absolute Gasteiger partial charge is 0.364 e. The number of fused-ring (bicyclic) bond motifs is 1. The van der Waals surface area contributed by atoms with Crippen LogP contribution in [-0.2, 0) is 6.54 Å². The molecule has 0 aliphatic carbocycles. The topological polar surface area (TPSA) is 55.1 Å². The van der Waals surface area contributed by atoms with E-state index in [0.29, 0.717) is 16.6 Å². The maximum atomic E-state index is 6.23. The molecule has 0 spiro atoms. The van der Waals surface area contributed by atoms with Gasteiger partial charge in [0.1, 0.15) is 5.82 Å². The highest BCUT2D eigenvalue weighted by molar-refractivity contribution is 6.42. The Labute approximate surface area is 154 Å². The van der Waals surface area contributed by atoms with Gasteiger partial charge in [0.15, 0.2) is 5.65 Å². The average molecular weight is 370 g/mol. The minimum atomic E-state index is 0.525. The number of rotatable bonds is 4. The van der Waals surface area contributed by atoms with Crippen molar-refractivity contribution in [2.45, 2.75) is 6.54 Å². The smallest absolute Gasteiger partial charge is 0.154 e. The summed E-state index contributed by atoms with van der Waals surface area (Å²) in [7, 11) is 0. The van der Waals surface area contributed by atoms with Crippen molar-refractivity contribution >= 4 is 34.7 Å². The number of hydrogen-bond acceptors (Lipinski definition) is 4. The zero-order valence-electron chi connectivity index (χ0n) is 13.0. The van der Waals surface area contributed by atoms with Crippen molar-refractivity contribution in [3.8, 4) is 11.3 Å². The van der Waals surface area contributed by atoms with Crippen LogP contribution in [0, 0.1) is 0 Å². The Hall–Kier alpha value is -2.63. The molecule has 0 saturated carbocycles. The van der Waals surface area contributed by atoms with E-state index in [9.17, 15) is 0 Å². The maximum absolute atomic E-state index is 6.23. The predicted octanol–water partition coefficient (Wildman–Crippen LogP) is 4.71. The number of nitrogens with zero attached hydrogens (tertiary/aromatic N) is 4. The summed E-state index contributed by atoms with van der Waals surface area (Å²) in [6.45, 7) is 0.525. The molecular formula is C18H13Cl2N5. The van der Waals surface area contributed by atoms with Crippen LogP contribution in [0.3, 0.4) is 0 Å². The van der Waals surface area contributed by atoms with Crippen LogP contribution in [0.1, 0.15) is 5.56 Å². The fourth-order valence-corrected chi connectivity index (χ4v) is 2.94. The van der Waals surface area contributed by atoms with Gasteiger partial charge in [-0.2, -0.15) is 0 Å². The number of hydrogen-bond donors (Lipinski definition) is 1. The van der Waals surface area contributed by atoms with E-state index < -0.39 is 0 Å². The quantitative estimate of drug-likeness (QED) is 0.565. The zero-order chi connectivity index (χ0) is 17.2. The van der Waals surface area contributed by atoms with Crippen LogP contribution in [0.5, 0.6) is 0 Å². The van der Waals surface area contributed by atoms with Crippen molar-refractivity contribution in [1.29, 1.82) is 0 Å². The number of benzene rings is 1. The number of nitrogens with one attached hydrogen (secondary N) is 1. The van der Waals surface area contributed by atoms with Gasteiger partial charge in [0.25, 0.3) is 0 Å². The van der Waals surface area contributed by atoms with E-state index in [1.165, 1.54) is 0 Å². The Bertz CT molecular complexity index is 1030. The molecule has 0 atom stereocenters. The Morgan fingerprint density at radius 3 is 2.68 bits per heavy atom. The molecule has 0 bridgehead atoms. The molecule has 25 heavy (non-hydrogen) atoms. The third-order valence-corrected chi connectivity index (χ3v) is 4.69. The molecule has 0 fully saturated rings. The zero-order valence-corrected chi connectivity index (χ0v) is 14.5. The fraction of sp³-hybridized carbons (Fsp3) is 0.0556.